The van der Waals surface area contributed by atoms with Crippen molar-refractivity contribution in [2.75, 3.05) is 0 Å². The van der Waals surface area contributed by atoms with Crippen LogP contribution in [0.4, 0.5) is 0 Å². The van der Waals surface area contributed by atoms with Crippen LogP contribution in [-0.4, -0.2) is 17.2 Å². The second kappa shape index (κ2) is 5.91. The molecule has 1 saturated carbocycles. The van der Waals surface area contributed by atoms with Crippen molar-refractivity contribution in [3.8, 4) is 5.75 Å². The normalized spacial score (nSPS) is 16.3. The Bertz CT molecular complexity index is 462. The molecule has 0 amide bonds. The highest BCUT2D eigenvalue weighted by atomic mass is 35.5. The van der Waals surface area contributed by atoms with Crippen LogP contribution in [0.2, 0.25) is 5.02 Å². The number of ether oxygens (including phenoxy) is 1. The van der Waals surface area contributed by atoms with E-state index in [2.05, 4.69) is 0 Å². The Kier molecular flexibility index (Phi) is 4.26. The van der Waals surface area contributed by atoms with Gasteiger partial charge in [-0.3, -0.25) is 0 Å². The van der Waals surface area contributed by atoms with Crippen molar-refractivity contribution < 1.29 is 14.6 Å². The zero-order chi connectivity index (χ0) is 13.0. The van der Waals surface area contributed by atoms with Crippen LogP contribution in [-0.2, 0) is 4.79 Å². The number of carbonyl (C=O) groups is 1. The summed E-state index contributed by atoms with van der Waals surface area (Å²) in [6.07, 6.45) is 7.22. The molecule has 1 aromatic rings. The van der Waals surface area contributed by atoms with Crippen LogP contribution < -0.4 is 4.74 Å². The van der Waals surface area contributed by atoms with Gasteiger partial charge < -0.3 is 9.84 Å². The van der Waals surface area contributed by atoms with Gasteiger partial charge in [0.05, 0.1) is 11.1 Å². The molecular formula is C14H15ClO3. The van der Waals surface area contributed by atoms with Crippen LogP contribution in [0, 0.1) is 0 Å². The highest BCUT2D eigenvalue weighted by molar-refractivity contribution is 6.32. The first-order valence-electron chi connectivity index (χ1n) is 6.03. The number of carboxylic acids is 1. The summed E-state index contributed by atoms with van der Waals surface area (Å²) in [7, 11) is 0. The fraction of sp³-hybridized carbons (Fsp3) is 0.357. The molecule has 0 atom stereocenters. The third-order valence-corrected chi connectivity index (χ3v) is 3.29. The Hall–Kier alpha value is -1.48. The molecule has 2 rings (SSSR count). The van der Waals surface area contributed by atoms with Crippen molar-refractivity contribution in [3.05, 3.63) is 34.9 Å². The molecule has 3 nitrogen and oxygen atoms in total. The number of benzene rings is 1. The maximum Gasteiger partial charge on any atom is 0.328 e. The Labute approximate surface area is 111 Å². The number of aliphatic carboxylic acids is 1. The molecule has 1 N–H and O–H groups in total. The van der Waals surface area contributed by atoms with E-state index in [4.69, 9.17) is 21.4 Å². The number of rotatable bonds is 4. The van der Waals surface area contributed by atoms with E-state index in [-0.39, 0.29) is 6.10 Å². The van der Waals surface area contributed by atoms with Crippen molar-refractivity contribution in [1.29, 1.82) is 0 Å². The molecule has 0 aromatic heterocycles. The number of hydrogen-bond acceptors (Lipinski definition) is 2. The SMILES string of the molecule is O=C(O)/C=C/c1cccc(Cl)c1OC1CCCC1. The predicted molar refractivity (Wildman–Crippen MR) is 71.0 cm³/mol. The lowest BCUT2D eigenvalue weighted by atomic mass is 10.1. The molecule has 1 fully saturated rings. The molecular weight excluding hydrogens is 252 g/mol. The van der Waals surface area contributed by atoms with E-state index in [1.807, 2.05) is 0 Å². The molecule has 0 heterocycles. The lowest BCUT2D eigenvalue weighted by Gasteiger charge is -2.16. The van der Waals surface area contributed by atoms with Gasteiger partial charge in [0.2, 0.25) is 0 Å². The largest absolute Gasteiger partial charge is 0.488 e. The van der Waals surface area contributed by atoms with Crippen molar-refractivity contribution >= 4 is 23.6 Å². The Balaban J connectivity index is 2.22. The van der Waals surface area contributed by atoms with Crippen molar-refractivity contribution in [2.24, 2.45) is 0 Å². The van der Waals surface area contributed by atoms with E-state index in [1.165, 1.54) is 18.9 Å². The zero-order valence-corrected chi connectivity index (χ0v) is 10.7. The molecule has 1 aliphatic carbocycles. The molecule has 18 heavy (non-hydrogen) atoms. The smallest absolute Gasteiger partial charge is 0.328 e. The molecule has 96 valence electrons. The fourth-order valence-electron chi connectivity index (χ4n) is 2.12. The van der Waals surface area contributed by atoms with E-state index in [0.717, 1.165) is 18.9 Å². The lowest BCUT2D eigenvalue weighted by Crippen LogP contribution is -2.12. The quantitative estimate of drug-likeness (QED) is 0.844. The van der Waals surface area contributed by atoms with Gasteiger partial charge in [0, 0.05) is 11.6 Å². The van der Waals surface area contributed by atoms with Crippen LogP contribution in [0.5, 0.6) is 5.75 Å². The first kappa shape index (κ1) is 13.0. The maximum atomic E-state index is 10.6. The maximum absolute atomic E-state index is 10.6. The average Bonchev–Trinajstić information content (AvgIpc) is 2.82. The van der Waals surface area contributed by atoms with E-state index in [0.29, 0.717) is 16.3 Å². The average molecular weight is 267 g/mol. The molecule has 0 saturated heterocycles. The first-order valence-corrected chi connectivity index (χ1v) is 6.41. The van der Waals surface area contributed by atoms with Gasteiger partial charge in [0.1, 0.15) is 5.75 Å². The van der Waals surface area contributed by atoms with Crippen LogP contribution in [0.15, 0.2) is 24.3 Å². The topological polar surface area (TPSA) is 46.5 Å². The van der Waals surface area contributed by atoms with Crippen molar-refractivity contribution in [2.45, 2.75) is 31.8 Å². The molecule has 0 aliphatic heterocycles. The van der Waals surface area contributed by atoms with Crippen LogP contribution in [0.1, 0.15) is 31.2 Å². The van der Waals surface area contributed by atoms with Crippen LogP contribution >= 0.6 is 11.6 Å². The summed E-state index contributed by atoms with van der Waals surface area (Å²) in [5.41, 5.74) is 0.705. The Morgan fingerprint density at radius 3 is 2.78 bits per heavy atom. The summed E-state index contributed by atoms with van der Waals surface area (Å²) in [5, 5.41) is 9.18. The Morgan fingerprint density at radius 1 is 1.39 bits per heavy atom. The third kappa shape index (κ3) is 3.26. The van der Waals surface area contributed by atoms with E-state index >= 15 is 0 Å². The summed E-state index contributed by atoms with van der Waals surface area (Å²) in [6.45, 7) is 0. The molecule has 4 heteroatoms. The van der Waals surface area contributed by atoms with Gasteiger partial charge in [-0.15, -0.1) is 0 Å². The molecule has 0 spiro atoms. The molecule has 1 aliphatic rings. The fourth-order valence-corrected chi connectivity index (χ4v) is 2.34. The Morgan fingerprint density at radius 2 is 2.11 bits per heavy atom. The van der Waals surface area contributed by atoms with E-state index in [9.17, 15) is 4.79 Å². The molecule has 0 radical (unpaired) electrons. The van der Waals surface area contributed by atoms with Gasteiger partial charge in [0.15, 0.2) is 0 Å². The first-order chi connectivity index (χ1) is 8.66. The number of carboxylic acid groups (broad SMARTS) is 1. The van der Waals surface area contributed by atoms with Gasteiger partial charge in [-0.25, -0.2) is 4.79 Å². The summed E-state index contributed by atoms with van der Waals surface area (Å²) in [5.74, 6) is -0.398. The number of hydrogen-bond donors (Lipinski definition) is 1. The lowest BCUT2D eigenvalue weighted by molar-refractivity contribution is -0.131. The van der Waals surface area contributed by atoms with E-state index in [1.54, 1.807) is 18.2 Å². The van der Waals surface area contributed by atoms with Crippen LogP contribution in [0.25, 0.3) is 6.08 Å². The highest BCUT2D eigenvalue weighted by Gasteiger charge is 2.19. The summed E-state index contributed by atoms with van der Waals surface area (Å²) < 4.78 is 5.89. The molecule has 0 bridgehead atoms. The van der Waals surface area contributed by atoms with Gasteiger partial charge in [-0.05, 0) is 37.8 Å². The van der Waals surface area contributed by atoms with Gasteiger partial charge >= 0.3 is 5.97 Å². The molecule has 1 aromatic carbocycles. The molecule has 0 unspecified atom stereocenters. The standard InChI is InChI=1S/C14H15ClO3/c15-12-7-3-4-10(8-9-13(16)17)14(12)18-11-5-1-2-6-11/h3-4,7-9,11H,1-2,5-6H2,(H,16,17)/b9-8+. The zero-order valence-electron chi connectivity index (χ0n) is 9.93. The minimum Gasteiger partial charge on any atom is -0.488 e. The second-order valence-corrected chi connectivity index (χ2v) is 4.76. The van der Waals surface area contributed by atoms with Gasteiger partial charge in [-0.2, -0.15) is 0 Å². The summed E-state index contributed by atoms with van der Waals surface area (Å²) in [6, 6.07) is 5.34. The third-order valence-electron chi connectivity index (χ3n) is 2.99. The monoisotopic (exact) mass is 266 g/mol. The number of para-hydroxylation sites is 1. The highest BCUT2D eigenvalue weighted by Crippen LogP contribution is 2.33. The second-order valence-electron chi connectivity index (χ2n) is 4.35. The number of halogens is 1. The summed E-state index contributed by atoms with van der Waals surface area (Å²) in [4.78, 5) is 10.6. The van der Waals surface area contributed by atoms with Crippen LogP contribution in [0.3, 0.4) is 0 Å². The predicted octanol–water partition coefficient (Wildman–Crippen LogP) is 3.76. The van der Waals surface area contributed by atoms with Crippen molar-refractivity contribution in [3.63, 3.8) is 0 Å². The van der Waals surface area contributed by atoms with E-state index < -0.39 is 5.97 Å². The van der Waals surface area contributed by atoms with Gasteiger partial charge in [0.25, 0.3) is 0 Å². The minimum atomic E-state index is -0.984. The summed E-state index contributed by atoms with van der Waals surface area (Å²) >= 11 is 6.12. The minimum absolute atomic E-state index is 0.196. The van der Waals surface area contributed by atoms with Crippen molar-refractivity contribution in [1.82, 2.24) is 0 Å². The van der Waals surface area contributed by atoms with Gasteiger partial charge in [-0.1, -0.05) is 23.7 Å².